The average Bonchev–Trinajstić information content (AvgIpc) is 3.46. The Morgan fingerprint density at radius 3 is 2.71 bits per heavy atom. The van der Waals surface area contributed by atoms with Gasteiger partial charge in [-0.3, -0.25) is 0 Å². The van der Waals surface area contributed by atoms with Gasteiger partial charge in [0.2, 0.25) is 0 Å². The lowest BCUT2D eigenvalue weighted by molar-refractivity contribution is 0.0499. The summed E-state index contributed by atoms with van der Waals surface area (Å²) in [7, 11) is 0. The highest BCUT2D eigenvalue weighted by Crippen LogP contribution is 2.44. The SMILES string of the molecule is CCCCOC(=O)c1ccc(-c2ccc(C=Nc3sc4c(c3C#N)CC[C@@H](C(C)(C)C)C4)o2)cc1. The third kappa shape index (κ3) is 5.74. The summed E-state index contributed by atoms with van der Waals surface area (Å²) in [6.45, 7) is 9.38. The number of esters is 1. The lowest BCUT2D eigenvalue weighted by atomic mass is 9.72. The topological polar surface area (TPSA) is 75.6 Å². The van der Waals surface area contributed by atoms with Gasteiger partial charge in [0.25, 0.3) is 0 Å². The maximum Gasteiger partial charge on any atom is 0.338 e. The number of nitriles is 1. The molecule has 2 heterocycles. The predicted octanol–water partition coefficient (Wildman–Crippen LogP) is 7.74. The van der Waals surface area contributed by atoms with E-state index in [1.807, 2.05) is 24.3 Å². The van der Waals surface area contributed by atoms with Crippen molar-refractivity contribution >= 4 is 28.5 Å². The molecule has 6 heteroatoms. The van der Waals surface area contributed by atoms with Crippen LogP contribution in [0.2, 0.25) is 0 Å². The van der Waals surface area contributed by atoms with Crippen LogP contribution in [-0.2, 0) is 17.6 Å². The minimum absolute atomic E-state index is 0.260. The van der Waals surface area contributed by atoms with Crippen LogP contribution in [-0.4, -0.2) is 18.8 Å². The van der Waals surface area contributed by atoms with Crippen LogP contribution >= 0.6 is 11.3 Å². The molecule has 0 aliphatic heterocycles. The molecule has 0 saturated heterocycles. The number of ether oxygens (including phenoxy) is 1. The van der Waals surface area contributed by atoms with Gasteiger partial charge in [-0.2, -0.15) is 5.26 Å². The Hall–Kier alpha value is -3.17. The van der Waals surface area contributed by atoms with Crippen molar-refractivity contribution in [3.63, 3.8) is 0 Å². The van der Waals surface area contributed by atoms with Crippen LogP contribution in [0.1, 0.15) is 79.1 Å². The van der Waals surface area contributed by atoms with Gasteiger partial charge >= 0.3 is 5.97 Å². The summed E-state index contributed by atoms with van der Waals surface area (Å²) in [4.78, 5) is 18.0. The Kier molecular flexibility index (Phi) is 7.57. The smallest absolute Gasteiger partial charge is 0.338 e. The Labute approximate surface area is 211 Å². The molecule has 1 aliphatic carbocycles. The van der Waals surface area contributed by atoms with Gasteiger partial charge in [-0.05, 0) is 66.8 Å². The number of hydrogen-bond donors (Lipinski definition) is 0. The van der Waals surface area contributed by atoms with Crippen LogP contribution in [0, 0.1) is 22.7 Å². The standard InChI is InChI=1S/C29H32N2O3S/c1-5-6-15-33-28(32)20-9-7-19(8-10-20)25-14-12-22(34-25)18-31-27-24(17-30)23-13-11-21(29(2,3)4)16-26(23)35-27/h7-10,12,14,18,21H,5-6,11,13,15-16H2,1-4H3/t21-/m1/s1. The summed E-state index contributed by atoms with van der Waals surface area (Å²) in [5, 5.41) is 10.5. The Bertz CT molecular complexity index is 1250. The largest absolute Gasteiger partial charge is 0.462 e. The molecule has 0 N–H and O–H groups in total. The second-order valence-corrected chi connectivity index (χ2v) is 11.2. The molecule has 1 aromatic carbocycles. The zero-order valence-electron chi connectivity index (χ0n) is 20.9. The molecule has 0 amide bonds. The first-order valence-electron chi connectivity index (χ1n) is 12.3. The lowest BCUT2D eigenvalue weighted by Gasteiger charge is -2.33. The number of hydrogen-bond acceptors (Lipinski definition) is 6. The second-order valence-electron chi connectivity index (χ2n) is 10.1. The molecule has 1 atom stereocenters. The van der Waals surface area contributed by atoms with Crippen LogP contribution in [0.25, 0.3) is 11.3 Å². The van der Waals surface area contributed by atoms with Crippen LogP contribution < -0.4 is 0 Å². The fraction of sp³-hybridized carbons (Fsp3) is 0.414. The van der Waals surface area contributed by atoms with E-state index in [-0.39, 0.29) is 11.4 Å². The molecule has 0 bridgehead atoms. The third-order valence-electron chi connectivity index (χ3n) is 6.66. The monoisotopic (exact) mass is 488 g/mol. The summed E-state index contributed by atoms with van der Waals surface area (Å²) in [5.41, 5.74) is 3.54. The summed E-state index contributed by atoms with van der Waals surface area (Å²) in [5.74, 6) is 1.62. The Morgan fingerprint density at radius 1 is 1.26 bits per heavy atom. The quantitative estimate of drug-likeness (QED) is 0.194. The van der Waals surface area contributed by atoms with E-state index in [1.54, 1.807) is 29.7 Å². The summed E-state index contributed by atoms with van der Waals surface area (Å²) < 4.78 is 11.2. The molecule has 0 fully saturated rings. The van der Waals surface area contributed by atoms with E-state index in [9.17, 15) is 10.1 Å². The summed E-state index contributed by atoms with van der Waals surface area (Å²) >= 11 is 1.63. The number of aliphatic imine (C=N–C) groups is 1. The second kappa shape index (κ2) is 10.6. The highest BCUT2D eigenvalue weighted by Gasteiger charge is 2.32. The van der Waals surface area contributed by atoms with E-state index in [0.29, 0.717) is 35.2 Å². The number of benzene rings is 1. The highest BCUT2D eigenvalue weighted by atomic mass is 32.1. The van der Waals surface area contributed by atoms with Crippen molar-refractivity contribution in [1.82, 2.24) is 0 Å². The minimum atomic E-state index is -0.307. The molecule has 0 saturated carbocycles. The molecule has 0 radical (unpaired) electrons. The molecule has 35 heavy (non-hydrogen) atoms. The van der Waals surface area contributed by atoms with Crippen molar-refractivity contribution in [3.05, 3.63) is 63.7 Å². The normalized spacial score (nSPS) is 15.7. The number of nitrogens with zero attached hydrogens (tertiary/aromatic N) is 2. The van der Waals surface area contributed by atoms with Gasteiger partial charge in [-0.1, -0.05) is 46.2 Å². The number of rotatable bonds is 7. The molecular formula is C29H32N2O3S. The molecule has 3 aromatic rings. The van der Waals surface area contributed by atoms with Crippen LogP contribution in [0.15, 0.2) is 45.8 Å². The maximum atomic E-state index is 12.1. The van der Waals surface area contributed by atoms with Gasteiger partial charge in [-0.15, -0.1) is 11.3 Å². The molecule has 2 aromatic heterocycles. The minimum Gasteiger partial charge on any atom is -0.462 e. The average molecular weight is 489 g/mol. The van der Waals surface area contributed by atoms with E-state index in [4.69, 9.17) is 9.15 Å². The summed E-state index contributed by atoms with van der Waals surface area (Å²) in [6, 6.07) is 13.3. The zero-order valence-corrected chi connectivity index (χ0v) is 21.7. The van der Waals surface area contributed by atoms with Crippen molar-refractivity contribution in [2.45, 2.75) is 59.8 Å². The molecular weight excluding hydrogens is 456 g/mol. The van der Waals surface area contributed by atoms with Gasteiger partial charge in [0.1, 0.15) is 22.6 Å². The molecule has 182 valence electrons. The van der Waals surface area contributed by atoms with Gasteiger partial charge in [-0.25, -0.2) is 9.79 Å². The fourth-order valence-electron chi connectivity index (χ4n) is 4.38. The van der Waals surface area contributed by atoms with Crippen molar-refractivity contribution in [3.8, 4) is 17.4 Å². The molecule has 0 spiro atoms. The summed E-state index contributed by atoms with van der Waals surface area (Å²) in [6.07, 6.45) is 6.60. The molecule has 5 nitrogen and oxygen atoms in total. The zero-order chi connectivity index (χ0) is 25.0. The number of unbranched alkanes of at least 4 members (excludes halogenated alkanes) is 1. The van der Waals surface area contributed by atoms with E-state index in [1.165, 1.54) is 10.4 Å². The number of furan rings is 1. The van der Waals surface area contributed by atoms with Gasteiger partial charge in [0, 0.05) is 10.4 Å². The first-order chi connectivity index (χ1) is 16.8. The fourth-order valence-corrected chi connectivity index (χ4v) is 5.60. The maximum absolute atomic E-state index is 12.1. The van der Waals surface area contributed by atoms with E-state index >= 15 is 0 Å². The first-order valence-corrected chi connectivity index (χ1v) is 13.1. The predicted molar refractivity (Wildman–Crippen MR) is 141 cm³/mol. The Morgan fingerprint density at radius 2 is 2.03 bits per heavy atom. The Balaban J connectivity index is 1.47. The van der Waals surface area contributed by atoms with E-state index in [0.717, 1.165) is 42.7 Å². The van der Waals surface area contributed by atoms with Crippen LogP contribution in [0.5, 0.6) is 0 Å². The molecule has 4 rings (SSSR count). The number of carbonyl (C=O) groups is 1. The van der Waals surface area contributed by atoms with Gasteiger partial charge < -0.3 is 9.15 Å². The van der Waals surface area contributed by atoms with Crippen molar-refractivity contribution in [1.29, 1.82) is 5.26 Å². The van der Waals surface area contributed by atoms with Crippen LogP contribution in [0.4, 0.5) is 5.00 Å². The van der Waals surface area contributed by atoms with Crippen molar-refractivity contribution in [2.75, 3.05) is 6.61 Å². The van der Waals surface area contributed by atoms with Crippen LogP contribution in [0.3, 0.4) is 0 Å². The lowest BCUT2D eigenvalue weighted by Crippen LogP contribution is -2.26. The third-order valence-corrected chi connectivity index (χ3v) is 7.82. The highest BCUT2D eigenvalue weighted by molar-refractivity contribution is 7.16. The van der Waals surface area contributed by atoms with Crippen molar-refractivity contribution in [2.24, 2.45) is 16.3 Å². The van der Waals surface area contributed by atoms with Gasteiger partial charge in [0.15, 0.2) is 0 Å². The van der Waals surface area contributed by atoms with Crippen molar-refractivity contribution < 1.29 is 13.9 Å². The van der Waals surface area contributed by atoms with E-state index < -0.39 is 0 Å². The van der Waals surface area contributed by atoms with Gasteiger partial charge in [0.05, 0.1) is 23.9 Å². The first kappa shape index (κ1) is 24.9. The number of thiophene rings is 1. The molecule has 0 unspecified atom stereocenters. The van der Waals surface area contributed by atoms with E-state index in [2.05, 4.69) is 38.8 Å². The number of carbonyl (C=O) groups excluding carboxylic acids is 1. The number of fused-ring (bicyclic) bond motifs is 1. The molecule has 1 aliphatic rings.